The highest BCUT2D eigenvalue weighted by molar-refractivity contribution is 5.53. The highest BCUT2D eigenvalue weighted by Gasteiger charge is 2.19. The second-order valence-electron chi connectivity index (χ2n) is 5.91. The van der Waals surface area contributed by atoms with Gasteiger partial charge in [-0.05, 0) is 37.0 Å². The van der Waals surface area contributed by atoms with Gasteiger partial charge in [-0.3, -0.25) is 10.1 Å². The lowest BCUT2D eigenvalue weighted by atomic mass is 10.0. The molecule has 0 aromatic heterocycles. The minimum absolute atomic E-state index is 0.187. The fourth-order valence-corrected chi connectivity index (χ4v) is 3.15. The van der Waals surface area contributed by atoms with Gasteiger partial charge in [-0.25, -0.2) is 0 Å². The Bertz CT molecular complexity index is 715. The van der Waals surface area contributed by atoms with Gasteiger partial charge in [-0.2, -0.15) is 0 Å². The van der Waals surface area contributed by atoms with Gasteiger partial charge < -0.3 is 10.6 Å². The number of rotatable bonds is 4. The summed E-state index contributed by atoms with van der Waals surface area (Å²) in [7, 11) is 0. The van der Waals surface area contributed by atoms with E-state index in [0.717, 1.165) is 30.5 Å². The van der Waals surface area contributed by atoms with Gasteiger partial charge in [0.1, 0.15) is 0 Å². The van der Waals surface area contributed by atoms with E-state index in [2.05, 4.69) is 28.8 Å². The van der Waals surface area contributed by atoms with Crippen LogP contribution in [-0.2, 0) is 6.54 Å². The van der Waals surface area contributed by atoms with Gasteiger partial charge >= 0.3 is 0 Å². The molecular weight excluding hydrogens is 290 g/mol. The molecule has 0 aliphatic carbocycles. The van der Waals surface area contributed by atoms with Crippen LogP contribution >= 0.6 is 0 Å². The quantitative estimate of drug-likeness (QED) is 0.663. The normalized spacial score (nSPS) is 17.0. The zero-order valence-corrected chi connectivity index (χ0v) is 13.2. The van der Waals surface area contributed by atoms with Crippen molar-refractivity contribution in [1.29, 1.82) is 0 Å². The predicted molar refractivity (Wildman–Crippen MR) is 91.6 cm³/mol. The smallest absolute Gasteiger partial charge is 0.272 e. The molecule has 0 spiro atoms. The molecule has 0 radical (unpaired) electrons. The van der Waals surface area contributed by atoms with Gasteiger partial charge in [0, 0.05) is 36.4 Å². The van der Waals surface area contributed by atoms with Crippen LogP contribution in [0.25, 0.3) is 0 Å². The molecule has 23 heavy (non-hydrogen) atoms. The van der Waals surface area contributed by atoms with Gasteiger partial charge in [0.25, 0.3) is 5.69 Å². The number of nitro groups is 1. The first kappa shape index (κ1) is 15.5. The predicted octanol–water partition coefficient (Wildman–Crippen LogP) is 3.94. The number of hydrogen-bond acceptors (Lipinski definition) is 4. The van der Waals surface area contributed by atoms with Gasteiger partial charge in [0.05, 0.1) is 4.92 Å². The monoisotopic (exact) mass is 311 g/mol. The standard InChI is InChI=1S/C18H21N3O2/c1-13-14(6-4-10-18(13)21(22)23)12-20-17-9-5-11-19-16-8-3-2-7-15(16)17/h2-4,6-8,10,17,19-20H,5,9,11-12H2,1H3. The van der Waals surface area contributed by atoms with Crippen LogP contribution in [0.1, 0.15) is 35.6 Å². The Morgan fingerprint density at radius 2 is 2.09 bits per heavy atom. The lowest BCUT2D eigenvalue weighted by Gasteiger charge is -2.19. The van der Waals surface area contributed by atoms with Crippen molar-refractivity contribution in [1.82, 2.24) is 5.32 Å². The molecule has 5 heteroatoms. The van der Waals surface area contributed by atoms with Crippen LogP contribution in [0.4, 0.5) is 11.4 Å². The molecule has 1 aliphatic rings. The van der Waals surface area contributed by atoms with E-state index in [1.165, 1.54) is 11.3 Å². The number of anilines is 1. The lowest BCUT2D eigenvalue weighted by Crippen LogP contribution is -2.21. The molecule has 0 amide bonds. The maximum atomic E-state index is 11.1. The van der Waals surface area contributed by atoms with Crippen LogP contribution in [0.15, 0.2) is 42.5 Å². The highest BCUT2D eigenvalue weighted by atomic mass is 16.6. The van der Waals surface area contributed by atoms with Crippen molar-refractivity contribution in [3.63, 3.8) is 0 Å². The van der Waals surface area contributed by atoms with E-state index in [4.69, 9.17) is 0 Å². The Morgan fingerprint density at radius 1 is 1.26 bits per heavy atom. The van der Waals surface area contributed by atoms with E-state index in [1.807, 2.05) is 19.1 Å². The molecular formula is C18H21N3O2. The fourth-order valence-electron chi connectivity index (χ4n) is 3.15. The molecule has 3 rings (SSSR count). The second kappa shape index (κ2) is 6.79. The molecule has 1 heterocycles. The largest absolute Gasteiger partial charge is 0.385 e. The molecule has 120 valence electrons. The van der Waals surface area contributed by atoms with Gasteiger partial charge in [-0.15, -0.1) is 0 Å². The molecule has 0 fully saturated rings. The average Bonchev–Trinajstić information content (AvgIpc) is 2.76. The number of para-hydroxylation sites is 1. The molecule has 2 N–H and O–H groups in total. The number of nitrogens with one attached hydrogen (secondary N) is 2. The van der Waals surface area contributed by atoms with Gasteiger partial charge in [-0.1, -0.05) is 30.3 Å². The van der Waals surface area contributed by atoms with E-state index in [1.54, 1.807) is 12.1 Å². The summed E-state index contributed by atoms with van der Waals surface area (Å²) in [6.07, 6.45) is 2.15. The topological polar surface area (TPSA) is 67.2 Å². The molecule has 0 bridgehead atoms. The maximum Gasteiger partial charge on any atom is 0.272 e. The average molecular weight is 311 g/mol. The van der Waals surface area contributed by atoms with E-state index < -0.39 is 0 Å². The molecule has 0 saturated carbocycles. The van der Waals surface area contributed by atoms with Crippen molar-refractivity contribution >= 4 is 11.4 Å². The molecule has 0 saturated heterocycles. The fraction of sp³-hybridized carbons (Fsp3) is 0.333. The third-order valence-corrected chi connectivity index (χ3v) is 4.47. The summed E-state index contributed by atoms with van der Waals surface area (Å²) >= 11 is 0. The maximum absolute atomic E-state index is 11.1. The van der Waals surface area contributed by atoms with E-state index in [-0.39, 0.29) is 16.7 Å². The van der Waals surface area contributed by atoms with Gasteiger partial charge in [0.15, 0.2) is 0 Å². The first-order valence-electron chi connectivity index (χ1n) is 7.96. The Balaban J connectivity index is 1.79. The van der Waals surface area contributed by atoms with Crippen LogP contribution in [0.2, 0.25) is 0 Å². The Labute approximate surface area is 135 Å². The van der Waals surface area contributed by atoms with E-state index >= 15 is 0 Å². The van der Waals surface area contributed by atoms with Crippen molar-refractivity contribution in [2.75, 3.05) is 11.9 Å². The molecule has 2 aromatic carbocycles. The third kappa shape index (κ3) is 3.35. The summed E-state index contributed by atoms with van der Waals surface area (Å²) in [5.74, 6) is 0. The highest BCUT2D eigenvalue weighted by Crippen LogP contribution is 2.30. The van der Waals surface area contributed by atoms with Crippen LogP contribution < -0.4 is 10.6 Å². The first-order valence-corrected chi connectivity index (χ1v) is 7.96. The summed E-state index contributed by atoms with van der Waals surface area (Å²) in [6, 6.07) is 13.9. The van der Waals surface area contributed by atoms with Crippen LogP contribution in [0, 0.1) is 17.0 Å². The zero-order valence-electron chi connectivity index (χ0n) is 13.2. The van der Waals surface area contributed by atoms with E-state index in [9.17, 15) is 10.1 Å². The number of nitrogens with zero attached hydrogens (tertiary/aromatic N) is 1. The zero-order chi connectivity index (χ0) is 16.2. The molecule has 5 nitrogen and oxygen atoms in total. The molecule has 1 atom stereocenters. The number of hydrogen-bond donors (Lipinski definition) is 2. The third-order valence-electron chi connectivity index (χ3n) is 4.47. The van der Waals surface area contributed by atoms with Crippen molar-refractivity contribution in [3.05, 3.63) is 69.3 Å². The van der Waals surface area contributed by atoms with Crippen molar-refractivity contribution in [2.45, 2.75) is 32.4 Å². The lowest BCUT2D eigenvalue weighted by molar-refractivity contribution is -0.385. The van der Waals surface area contributed by atoms with Crippen molar-refractivity contribution in [3.8, 4) is 0 Å². The Hall–Kier alpha value is -2.40. The van der Waals surface area contributed by atoms with Gasteiger partial charge in [0.2, 0.25) is 0 Å². The van der Waals surface area contributed by atoms with Crippen LogP contribution in [0.5, 0.6) is 0 Å². The summed E-state index contributed by atoms with van der Waals surface area (Å²) in [6.45, 7) is 3.43. The SMILES string of the molecule is Cc1c(CNC2CCCNc3ccccc32)cccc1[N+](=O)[O-]. The molecule has 1 aliphatic heterocycles. The second-order valence-corrected chi connectivity index (χ2v) is 5.91. The molecule has 1 unspecified atom stereocenters. The Morgan fingerprint density at radius 3 is 2.91 bits per heavy atom. The summed E-state index contributed by atoms with van der Waals surface area (Å²) in [5.41, 5.74) is 4.36. The number of fused-ring (bicyclic) bond motifs is 1. The Kier molecular flexibility index (Phi) is 4.57. The van der Waals surface area contributed by atoms with E-state index in [0.29, 0.717) is 6.54 Å². The van der Waals surface area contributed by atoms with Crippen LogP contribution in [0.3, 0.4) is 0 Å². The first-order chi connectivity index (χ1) is 11.2. The minimum atomic E-state index is -0.316. The summed E-state index contributed by atoms with van der Waals surface area (Å²) < 4.78 is 0. The molecule has 2 aromatic rings. The summed E-state index contributed by atoms with van der Waals surface area (Å²) in [5, 5.41) is 18.1. The van der Waals surface area contributed by atoms with Crippen molar-refractivity contribution in [2.24, 2.45) is 0 Å². The minimum Gasteiger partial charge on any atom is -0.385 e. The van der Waals surface area contributed by atoms with Crippen LogP contribution in [-0.4, -0.2) is 11.5 Å². The number of nitro benzene ring substituents is 1. The van der Waals surface area contributed by atoms with Crippen molar-refractivity contribution < 1.29 is 4.92 Å². The summed E-state index contributed by atoms with van der Waals surface area (Å²) in [4.78, 5) is 10.8. The number of benzene rings is 2.